The van der Waals surface area contributed by atoms with Crippen molar-refractivity contribution in [3.63, 3.8) is 0 Å². The van der Waals surface area contributed by atoms with Gasteiger partial charge in [-0.15, -0.1) is 0 Å². The Hall–Kier alpha value is -2.24. The fourth-order valence-corrected chi connectivity index (χ4v) is 3.66. The van der Waals surface area contributed by atoms with Crippen molar-refractivity contribution < 1.29 is 14.3 Å². The molecule has 0 aliphatic carbocycles. The van der Waals surface area contributed by atoms with Crippen molar-refractivity contribution in [1.82, 2.24) is 14.7 Å². The zero-order valence-corrected chi connectivity index (χ0v) is 15.1. The maximum Gasteiger partial charge on any atom is 0.320 e. The number of amides is 3. The molecule has 6 nitrogen and oxygen atoms in total. The molecular formula is C19H27N3O3. The van der Waals surface area contributed by atoms with Crippen LogP contribution in [-0.2, 0) is 0 Å². The molecule has 25 heavy (non-hydrogen) atoms. The van der Waals surface area contributed by atoms with E-state index < -0.39 is 0 Å². The number of piperidine rings is 1. The molecule has 0 spiro atoms. The van der Waals surface area contributed by atoms with E-state index in [1.54, 1.807) is 0 Å². The minimum absolute atomic E-state index is 0.0597. The molecule has 0 radical (unpaired) electrons. The number of likely N-dealkylation sites (N-methyl/N-ethyl adjacent to an activating group) is 1. The fourth-order valence-electron chi connectivity index (χ4n) is 3.66. The van der Waals surface area contributed by atoms with Gasteiger partial charge < -0.3 is 19.4 Å². The van der Waals surface area contributed by atoms with Crippen LogP contribution in [0.1, 0.15) is 37.0 Å². The zero-order chi connectivity index (χ0) is 17.8. The van der Waals surface area contributed by atoms with Gasteiger partial charge in [0.2, 0.25) is 0 Å². The minimum Gasteiger partial charge on any atom is -0.494 e. The quantitative estimate of drug-likeness (QED) is 0.824. The molecule has 2 saturated heterocycles. The highest BCUT2D eigenvalue weighted by atomic mass is 16.5. The van der Waals surface area contributed by atoms with Gasteiger partial charge >= 0.3 is 6.03 Å². The molecule has 1 aromatic rings. The minimum atomic E-state index is 0.0597. The largest absolute Gasteiger partial charge is 0.494 e. The second-order valence-corrected chi connectivity index (χ2v) is 6.54. The first-order chi connectivity index (χ1) is 12.1. The first-order valence-corrected chi connectivity index (χ1v) is 9.21. The molecule has 3 rings (SSSR count). The van der Waals surface area contributed by atoms with Gasteiger partial charge in [-0.05, 0) is 51.0 Å². The number of hydrogen-bond acceptors (Lipinski definition) is 3. The summed E-state index contributed by atoms with van der Waals surface area (Å²) in [5.41, 5.74) is 0.691. The Kier molecular flexibility index (Phi) is 5.46. The number of rotatable bonds is 5. The van der Waals surface area contributed by atoms with Crippen LogP contribution in [0, 0.1) is 0 Å². The predicted molar refractivity (Wildman–Crippen MR) is 95.9 cm³/mol. The third kappa shape index (κ3) is 3.72. The summed E-state index contributed by atoms with van der Waals surface area (Å²) in [5, 5.41) is 0. The summed E-state index contributed by atoms with van der Waals surface area (Å²) in [6, 6.07) is 7.73. The number of ether oxygens (including phenoxy) is 1. The molecule has 6 heteroatoms. The van der Waals surface area contributed by atoms with E-state index in [1.165, 1.54) is 0 Å². The standard InChI is InChI=1S/C19H27N3O3/c1-3-20-13-14-22(19(20)24)16-9-11-21(12-10-16)18(23)15-5-7-17(8-6-15)25-4-2/h5-8,16H,3-4,9-14H2,1-2H3. The Balaban J connectivity index is 1.55. The normalized spacial score (nSPS) is 18.8. The number of likely N-dealkylation sites (tertiary alicyclic amines) is 1. The first-order valence-electron chi connectivity index (χ1n) is 9.21. The van der Waals surface area contributed by atoms with Crippen LogP contribution in [0.25, 0.3) is 0 Å². The van der Waals surface area contributed by atoms with E-state index in [0.29, 0.717) is 25.3 Å². The van der Waals surface area contributed by atoms with Crippen LogP contribution in [0.2, 0.25) is 0 Å². The van der Waals surface area contributed by atoms with E-state index in [1.807, 2.05) is 52.8 Å². The first kappa shape index (κ1) is 17.6. The van der Waals surface area contributed by atoms with Crippen molar-refractivity contribution in [2.45, 2.75) is 32.7 Å². The van der Waals surface area contributed by atoms with Crippen molar-refractivity contribution >= 4 is 11.9 Å². The van der Waals surface area contributed by atoms with Crippen LogP contribution >= 0.6 is 0 Å². The Morgan fingerprint density at radius 3 is 2.32 bits per heavy atom. The average molecular weight is 345 g/mol. The van der Waals surface area contributed by atoms with Crippen LogP contribution in [0.15, 0.2) is 24.3 Å². The summed E-state index contributed by atoms with van der Waals surface area (Å²) >= 11 is 0. The highest BCUT2D eigenvalue weighted by Gasteiger charge is 2.35. The molecule has 3 amide bonds. The van der Waals surface area contributed by atoms with Gasteiger partial charge in [-0.25, -0.2) is 4.79 Å². The third-order valence-corrected chi connectivity index (χ3v) is 5.11. The topological polar surface area (TPSA) is 53.1 Å². The van der Waals surface area contributed by atoms with Gasteiger partial charge in [-0.3, -0.25) is 4.79 Å². The van der Waals surface area contributed by atoms with E-state index in [2.05, 4.69) is 0 Å². The van der Waals surface area contributed by atoms with Gasteiger partial charge in [-0.1, -0.05) is 0 Å². The van der Waals surface area contributed by atoms with E-state index in [0.717, 1.165) is 38.2 Å². The smallest absolute Gasteiger partial charge is 0.320 e. The second kappa shape index (κ2) is 7.76. The number of nitrogens with zero attached hydrogens (tertiary/aromatic N) is 3. The van der Waals surface area contributed by atoms with Gasteiger partial charge in [0.25, 0.3) is 5.91 Å². The fraction of sp³-hybridized carbons (Fsp3) is 0.579. The maximum absolute atomic E-state index is 12.7. The highest BCUT2D eigenvalue weighted by Crippen LogP contribution is 2.23. The molecule has 2 aliphatic rings. The van der Waals surface area contributed by atoms with Crippen molar-refractivity contribution in [3.8, 4) is 5.75 Å². The van der Waals surface area contributed by atoms with Gasteiger partial charge in [0, 0.05) is 44.3 Å². The van der Waals surface area contributed by atoms with Gasteiger partial charge in [0.15, 0.2) is 0 Å². The van der Waals surface area contributed by atoms with Crippen LogP contribution in [-0.4, -0.2) is 72.0 Å². The average Bonchev–Trinajstić information content (AvgIpc) is 3.03. The van der Waals surface area contributed by atoms with Crippen molar-refractivity contribution in [1.29, 1.82) is 0 Å². The van der Waals surface area contributed by atoms with Crippen LogP contribution in [0.3, 0.4) is 0 Å². The van der Waals surface area contributed by atoms with Gasteiger partial charge in [0.05, 0.1) is 6.61 Å². The van der Waals surface area contributed by atoms with Crippen molar-refractivity contribution in [2.75, 3.05) is 39.3 Å². The molecule has 0 saturated carbocycles. The Labute approximate surface area is 149 Å². The number of carbonyl (C=O) groups excluding carboxylic acids is 2. The lowest BCUT2D eigenvalue weighted by atomic mass is 10.0. The molecule has 0 bridgehead atoms. The number of carbonyl (C=O) groups is 2. The lowest BCUT2D eigenvalue weighted by Gasteiger charge is -2.36. The molecule has 0 unspecified atom stereocenters. The second-order valence-electron chi connectivity index (χ2n) is 6.54. The van der Waals surface area contributed by atoms with Gasteiger partial charge in [-0.2, -0.15) is 0 Å². The Morgan fingerprint density at radius 2 is 1.76 bits per heavy atom. The zero-order valence-electron chi connectivity index (χ0n) is 15.1. The molecule has 1 aromatic carbocycles. The molecular weight excluding hydrogens is 318 g/mol. The lowest BCUT2D eigenvalue weighted by Crippen LogP contribution is -2.48. The van der Waals surface area contributed by atoms with E-state index >= 15 is 0 Å². The predicted octanol–water partition coefficient (Wildman–Crippen LogP) is 2.45. The monoisotopic (exact) mass is 345 g/mol. The van der Waals surface area contributed by atoms with Crippen molar-refractivity contribution in [3.05, 3.63) is 29.8 Å². The van der Waals surface area contributed by atoms with E-state index in [9.17, 15) is 9.59 Å². The SMILES string of the molecule is CCOc1ccc(C(=O)N2CCC(N3CCN(CC)C3=O)CC2)cc1. The molecule has 0 aromatic heterocycles. The Bertz CT molecular complexity index is 609. The third-order valence-electron chi connectivity index (χ3n) is 5.11. The van der Waals surface area contributed by atoms with Crippen molar-refractivity contribution in [2.24, 2.45) is 0 Å². The molecule has 0 N–H and O–H groups in total. The lowest BCUT2D eigenvalue weighted by molar-refractivity contribution is 0.0663. The van der Waals surface area contributed by atoms with Gasteiger partial charge in [0.1, 0.15) is 5.75 Å². The van der Waals surface area contributed by atoms with E-state index in [-0.39, 0.29) is 18.0 Å². The summed E-state index contributed by atoms with van der Waals surface area (Å²) in [6.07, 6.45) is 1.71. The summed E-state index contributed by atoms with van der Waals surface area (Å²) in [4.78, 5) is 30.7. The molecule has 2 fully saturated rings. The summed E-state index contributed by atoms with van der Waals surface area (Å²) < 4.78 is 5.42. The van der Waals surface area contributed by atoms with Crippen LogP contribution < -0.4 is 4.74 Å². The molecule has 136 valence electrons. The number of hydrogen-bond donors (Lipinski definition) is 0. The maximum atomic E-state index is 12.7. The number of urea groups is 1. The molecule has 0 atom stereocenters. The van der Waals surface area contributed by atoms with E-state index in [4.69, 9.17) is 4.74 Å². The molecule has 2 heterocycles. The summed E-state index contributed by atoms with van der Waals surface area (Å²) in [5.74, 6) is 0.843. The summed E-state index contributed by atoms with van der Waals surface area (Å²) in [7, 11) is 0. The van der Waals surface area contributed by atoms with Crippen LogP contribution in [0.4, 0.5) is 4.79 Å². The highest BCUT2D eigenvalue weighted by molar-refractivity contribution is 5.94. The summed E-state index contributed by atoms with van der Waals surface area (Å²) in [6.45, 7) is 8.37. The Morgan fingerprint density at radius 1 is 1.08 bits per heavy atom. The number of benzene rings is 1. The van der Waals surface area contributed by atoms with Crippen LogP contribution in [0.5, 0.6) is 5.75 Å². The molecule has 2 aliphatic heterocycles.